The lowest BCUT2D eigenvalue weighted by Crippen LogP contribution is -2.50. The van der Waals surface area contributed by atoms with Crippen molar-refractivity contribution in [1.29, 1.82) is 0 Å². The lowest BCUT2D eigenvalue weighted by Gasteiger charge is -2.35. The van der Waals surface area contributed by atoms with Gasteiger partial charge in [-0.1, -0.05) is 6.92 Å². The molecule has 1 amide bonds. The van der Waals surface area contributed by atoms with Gasteiger partial charge in [-0.15, -0.1) is 0 Å². The molecule has 0 radical (unpaired) electrons. The lowest BCUT2D eigenvalue weighted by atomic mass is 10.2. The van der Waals surface area contributed by atoms with E-state index in [0.29, 0.717) is 19.8 Å². The van der Waals surface area contributed by atoms with Crippen LogP contribution in [0.3, 0.4) is 0 Å². The fraction of sp³-hybridized carbons (Fsp3) is 0.909. The van der Waals surface area contributed by atoms with Crippen LogP contribution in [0.4, 0.5) is 0 Å². The van der Waals surface area contributed by atoms with Gasteiger partial charge in [0.05, 0.1) is 25.8 Å². The van der Waals surface area contributed by atoms with Gasteiger partial charge in [-0.05, 0) is 20.3 Å². The smallest absolute Gasteiger partial charge is 0.233 e. The largest absolute Gasteiger partial charge is 0.355 e. The second kappa shape index (κ2) is 6.18. The molecule has 0 aromatic rings. The number of carbonyl (C=O) groups excluding carboxylic acids is 1. The van der Waals surface area contributed by atoms with Crippen molar-refractivity contribution in [3.8, 4) is 0 Å². The Kier molecular flexibility index (Phi) is 5.18. The van der Waals surface area contributed by atoms with Gasteiger partial charge < -0.3 is 20.1 Å². The molecule has 5 heteroatoms. The Hall–Kier alpha value is -0.650. The molecule has 0 spiro atoms. The van der Waals surface area contributed by atoms with Gasteiger partial charge in [0.25, 0.3) is 0 Å². The average molecular weight is 230 g/mol. The molecule has 0 aromatic heterocycles. The summed E-state index contributed by atoms with van der Waals surface area (Å²) in [4.78, 5) is 11.3. The van der Waals surface area contributed by atoms with Crippen LogP contribution in [-0.2, 0) is 14.3 Å². The third-order valence-corrected chi connectivity index (χ3v) is 2.39. The third-order valence-electron chi connectivity index (χ3n) is 2.39. The maximum atomic E-state index is 11.3. The zero-order valence-corrected chi connectivity index (χ0v) is 10.3. The van der Waals surface area contributed by atoms with E-state index >= 15 is 0 Å². The number of rotatable bonds is 5. The Morgan fingerprint density at radius 1 is 1.38 bits per heavy atom. The number of hydrogen-bond acceptors (Lipinski definition) is 4. The highest BCUT2D eigenvalue weighted by atomic mass is 16.7. The molecule has 0 aliphatic carbocycles. The van der Waals surface area contributed by atoms with Crippen molar-refractivity contribution in [3.05, 3.63) is 0 Å². The lowest BCUT2D eigenvalue weighted by molar-refractivity contribution is -0.252. The van der Waals surface area contributed by atoms with Gasteiger partial charge in [0.2, 0.25) is 5.91 Å². The van der Waals surface area contributed by atoms with Crippen molar-refractivity contribution in [3.63, 3.8) is 0 Å². The van der Waals surface area contributed by atoms with E-state index in [0.717, 1.165) is 13.0 Å². The molecule has 1 heterocycles. The Morgan fingerprint density at radius 3 is 2.56 bits per heavy atom. The maximum Gasteiger partial charge on any atom is 0.233 e. The second-order valence-corrected chi connectivity index (χ2v) is 4.45. The van der Waals surface area contributed by atoms with E-state index in [9.17, 15) is 4.79 Å². The molecule has 2 N–H and O–H groups in total. The van der Waals surface area contributed by atoms with Gasteiger partial charge in [-0.2, -0.15) is 0 Å². The predicted octanol–water partition coefficient (Wildman–Crippen LogP) is 0.254. The minimum absolute atomic E-state index is 0.0201. The molecule has 0 atom stereocenters. The first-order valence-electron chi connectivity index (χ1n) is 5.81. The van der Waals surface area contributed by atoms with E-state index in [2.05, 4.69) is 10.6 Å². The topological polar surface area (TPSA) is 59.6 Å². The summed E-state index contributed by atoms with van der Waals surface area (Å²) in [6, 6.07) is 0.0976. The molecule has 5 nitrogen and oxygen atoms in total. The first kappa shape index (κ1) is 13.4. The standard InChI is InChI=1S/C11H22N2O3/c1-4-5-12-10(14)6-13-9-7-15-11(2,3)16-8-9/h9,13H,4-8H2,1-3H3,(H,12,14). The SMILES string of the molecule is CCCNC(=O)CNC1COC(C)(C)OC1. The average Bonchev–Trinajstić information content (AvgIpc) is 2.25. The maximum absolute atomic E-state index is 11.3. The minimum Gasteiger partial charge on any atom is -0.355 e. The molecular formula is C11H22N2O3. The van der Waals surface area contributed by atoms with Crippen molar-refractivity contribution >= 4 is 5.91 Å². The van der Waals surface area contributed by atoms with Crippen LogP contribution in [0, 0.1) is 0 Å². The van der Waals surface area contributed by atoms with Crippen molar-refractivity contribution in [2.75, 3.05) is 26.3 Å². The first-order chi connectivity index (χ1) is 7.53. The minimum atomic E-state index is -0.497. The van der Waals surface area contributed by atoms with Crippen LogP contribution >= 0.6 is 0 Å². The molecular weight excluding hydrogens is 208 g/mol. The van der Waals surface area contributed by atoms with Gasteiger partial charge >= 0.3 is 0 Å². The van der Waals surface area contributed by atoms with Gasteiger partial charge in [0.1, 0.15) is 0 Å². The number of carbonyl (C=O) groups is 1. The number of amides is 1. The number of nitrogens with one attached hydrogen (secondary N) is 2. The second-order valence-electron chi connectivity index (χ2n) is 4.45. The highest BCUT2D eigenvalue weighted by Gasteiger charge is 2.28. The summed E-state index contributed by atoms with van der Waals surface area (Å²) in [5.74, 6) is -0.477. The summed E-state index contributed by atoms with van der Waals surface area (Å²) in [7, 11) is 0. The van der Waals surface area contributed by atoms with Crippen LogP contribution in [0.2, 0.25) is 0 Å². The Bertz CT molecular complexity index is 221. The third kappa shape index (κ3) is 4.92. The van der Waals surface area contributed by atoms with Gasteiger partial charge in [0.15, 0.2) is 5.79 Å². The van der Waals surface area contributed by atoms with Crippen molar-refractivity contribution < 1.29 is 14.3 Å². The van der Waals surface area contributed by atoms with Crippen LogP contribution in [0.5, 0.6) is 0 Å². The summed E-state index contributed by atoms with van der Waals surface area (Å²) in [5, 5.41) is 5.91. The predicted molar refractivity (Wildman–Crippen MR) is 61.1 cm³/mol. The molecule has 1 aliphatic rings. The molecule has 0 unspecified atom stereocenters. The van der Waals surface area contributed by atoms with Gasteiger partial charge in [0, 0.05) is 6.54 Å². The zero-order chi connectivity index (χ0) is 12.0. The van der Waals surface area contributed by atoms with Crippen LogP contribution < -0.4 is 10.6 Å². The Morgan fingerprint density at radius 2 is 2.00 bits per heavy atom. The molecule has 1 saturated heterocycles. The molecule has 0 aromatic carbocycles. The molecule has 16 heavy (non-hydrogen) atoms. The van der Waals surface area contributed by atoms with Crippen molar-refractivity contribution in [1.82, 2.24) is 10.6 Å². The normalized spacial score (nSPS) is 20.7. The number of ether oxygens (including phenoxy) is 2. The monoisotopic (exact) mass is 230 g/mol. The Labute approximate surface area is 96.9 Å². The van der Waals surface area contributed by atoms with Crippen LogP contribution in [0.25, 0.3) is 0 Å². The fourth-order valence-electron chi connectivity index (χ4n) is 1.37. The summed E-state index contributed by atoms with van der Waals surface area (Å²) in [6.45, 7) is 8.00. The van der Waals surface area contributed by atoms with Gasteiger partial charge in [-0.25, -0.2) is 0 Å². The van der Waals surface area contributed by atoms with E-state index in [-0.39, 0.29) is 11.9 Å². The molecule has 1 aliphatic heterocycles. The Balaban J connectivity index is 2.12. The van der Waals surface area contributed by atoms with Crippen LogP contribution in [0.1, 0.15) is 27.2 Å². The summed E-state index contributed by atoms with van der Waals surface area (Å²) >= 11 is 0. The van der Waals surface area contributed by atoms with E-state index < -0.39 is 5.79 Å². The van der Waals surface area contributed by atoms with Crippen molar-refractivity contribution in [2.24, 2.45) is 0 Å². The zero-order valence-electron chi connectivity index (χ0n) is 10.3. The van der Waals surface area contributed by atoms with E-state index in [1.807, 2.05) is 20.8 Å². The number of hydrogen-bond donors (Lipinski definition) is 2. The molecule has 94 valence electrons. The summed E-state index contributed by atoms with van der Waals surface area (Å²) < 4.78 is 10.9. The summed E-state index contributed by atoms with van der Waals surface area (Å²) in [6.07, 6.45) is 0.954. The highest BCUT2D eigenvalue weighted by Crippen LogP contribution is 2.16. The van der Waals surface area contributed by atoms with Gasteiger partial charge in [-0.3, -0.25) is 4.79 Å². The van der Waals surface area contributed by atoms with Crippen LogP contribution in [-0.4, -0.2) is 44.0 Å². The molecule has 1 rings (SSSR count). The summed E-state index contributed by atoms with van der Waals surface area (Å²) in [5.41, 5.74) is 0. The van der Waals surface area contributed by atoms with Crippen LogP contribution in [0.15, 0.2) is 0 Å². The van der Waals surface area contributed by atoms with E-state index in [4.69, 9.17) is 9.47 Å². The fourth-order valence-corrected chi connectivity index (χ4v) is 1.37. The highest BCUT2D eigenvalue weighted by molar-refractivity contribution is 5.77. The van der Waals surface area contributed by atoms with Crippen molar-refractivity contribution in [2.45, 2.75) is 39.0 Å². The molecule has 1 fully saturated rings. The first-order valence-corrected chi connectivity index (χ1v) is 5.81. The van der Waals surface area contributed by atoms with E-state index in [1.54, 1.807) is 0 Å². The molecule has 0 bridgehead atoms. The van der Waals surface area contributed by atoms with E-state index in [1.165, 1.54) is 0 Å². The molecule has 0 saturated carbocycles. The quantitative estimate of drug-likeness (QED) is 0.711.